The molecule has 0 amide bonds. The van der Waals surface area contributed by atoms with Gasteiger partial charge in [-0.1, -0.05) is 170 Å². The van der Waals surface area contributed by atoms with E-state index in [4.69, 9.17) is 14.4 Å². The molecule has 0 bridgehead atoms. The Hall–Kier alpha value is -7.56. The highest BCUT2D eigenvalue weighted by molar-refractivity contribution is 6.17. The zero-order valence-electron chi connectivity index (χ0n) is 30.9. The van der Waals surface area contributed by atoms with Crippen molar-refractivity contribution in [3.63, 3.8) is 0 Å². The fourth-order valence-corrected chi connectivity index (χ4v) is 8.34. The largest absolute Gasteiger partial charge is 0.456 e. The van der Waals surface area contributed by atoms with Gasteiger partial charge < -0.3 is 9.73 Å². The third-order valence-electron chi connectivity index (χ3n) is 11.1. The van der Waals surface area contributed by atoms with Gasteiger partial charge in [-0.05, 0) is 85.3 Å². The molecule has 57 heavy (non-hydrogen) atoms. The molecule has 1 aromatic heterocycles. The highest BCUT2D eigenvalue weighted by Gasteiger charge is 2.24. The zero-order valence-corrected chi connectivity index (χ0v) is 30.9. The van der Waals surface area contributed by atoms with E-state index in [-0.39, 0.29) is 0 Å². The lowest BCUT2D eigenvalue weighted by Crippen LogP contribution is -2.36. The van der Waals surface area contributed by atoms with E-state index in [1.807, 2.05) is 30.3 Å². The Morgan fingerprint density at radius 1 is 0.368 bits per heavy atom. The molecular weight excluding hydrogens is 695 g/mol. The van der Waals surface area contributed by atoms with E-state index in [1.165, 1.54) is 44.0 Å². The number of hydrogen-bond donors (Lipinski definition) is 1. The normalized spacial score (nSPS) is 14.1. The molecule has 1 N–H and O–H groups in total. The number of fused-ring (bicyclic) bond motifs is 5. The van der Waals surface area contributed by atoms with Gasteiger partial charge in [0.15, 0.2) is 6.17 Å². The van der Waals surface area contributed by atoms with E-state index < -0.39 is 6.17 Å². The minimum atomic E-state index is -0.499. The summed E-state index contributed by atoms with van der Waals surface area (Å²) in [6.07, 6.45) is -0.499. The topological polar surface area (TPSA) is 49.9 Å². The molecule has 1 atom stereocenters. The molecule has 1 unspecified atom stereocenters. The standard InChI is InChI=1S/C53H35N3O/c1-4-13-34(14-5-1)38-25-23-35-24-26-40(32-41(35)31-38)52-54-51(37-17-8-3-9-18-37)55-53(56-52)47-21-12-22-48-50(47)46-28-27-39(33-49(46)57-48)43-30-29-42(36-15-6-2-7-16-36)44-19-10-11-20-45(43)44/h1-33,53H,(H,54,55,56). The summed E-state index contributed by atoms with van der Waals surface area (Å²) in [7, 11) is 0. The third kappa shape index (κ3) is 5.87. The van der Waals surface area contributed by atoms with Crippen molar-refractivity contribution in [2.75, 3.05) is 0 Å². The van der Waals surface area contributed by atoms with Crippen LogP contribution >= 0.6 is 0 Å². The van der Waals surface area contributed by atoms with Crippen molar-refractivity contribution in [3.8, 4) is 33.4 Å². The van der Waals surface area contributed by atoms with Crippen molar-refractivity contribution < 1.29 is 4.42 Å². The van der Waals surface area contributed by atoms with Crippen molar-refractivity contribution in [1.82, 2.24) is 5.32 Å². The van der Waals surface area contributed by atoms with Crippen molar-refractivity contribution in [2.24, 2.45) is 9.98 Å². The quantitative estimate of drug-likeness (QED) is 0.185. The summed E-state index contributed by atoms with van der Waals surface area (Å²) in [5.74, 6) is 1.56. The number of hydrogen-bond acceptors (Lipinski definition) is 4. The first-order valence-electron chi connectivity index (χ1n) is 19.3. The lowest BCUT2D eigenvalue weighted by molar-refractivity contribution is 0.668. The van der Waals surface area contributed by atoms with Crippen molar-refractivity contribution in [3.05, 3.63) is 217 Å². The lowest BCUT2D eigenvalue weighted by atomic mass is 9.92. The Balaban J connectivity index is 1.03. The minimum Gasteiger partial charge on any atom is -0.456 e. The van der Waals surface area contributed by atoms with Crippen molar-refractivity contribution >= 4 is 55.2 Å². The molecule has 11 rings (SSSR count). The monoisotopic (exact) mass is 729 g/mol. The van der Waals surface area contributed by atoms with Crippen molar-refractivity contribution in [1.29, 1.82) is 0 Å². The summed E-state index contributed by atoms with van der Waals surface area (Å²) in [4.78, 5) is 10.6. The predicted molar refractivity (Wildman–Crippen MR) is 237 cm³/mol. The Morgan fingerprint density at radius 3 is 1.67 bits per heavy atom. The van der Waals surface area contributed by atoms with E-state index in [0.29, 0.717) is 0 Å². The molecule has 268 valence electrons. The van der Waals surface area contributed by atoms with Crippen LogP contribution in [0.5, 0.6) is 0 Å². The Bertz CT molecular complexity index is 3200. The van der Waals surface area contributed by atoms with E-state index in [0.717, 1.165) is 61.2 Å². The van der Waals surface area contributed by atoms with Gasteiger partial charge in [0.05, 0.1) is 0 Å². The number of nitrogens with one attached hydrogen (secondary N) is 1. The highest BCUT2D eigenvalue weighted by Crippen LogP contribution is 2.41. The first kappa shape index (κ1) is 32.8. The molecule has 1 aliphatic heterocycles. The van der Waals surface area contributed by atoms with E-state index in [9.17, 15) is 0 Å². The number of amidine groups is 2. The molecular formula is C53H35N3O. The SMILES string of the molecule is c1ccc(C2=NC(c3cccc4oc5cc(-c6ccc(-c7ccccc7)c7ccccc67)ccc5c34)N=C(c3ccc4ccc(-c5ccccc5)cc4c3)N2)cc1. The molecule has 10 aromatic rings. The fraction of sp³-hybridized carbons (Fsp3) is 0.0189. The maximum Gasteiger partial charge on any atom is 0.170 e. The molecule has 0 fully saturated rings. The summed E-state index contributed by atoms with van der Waals surface area (Å²) in [6.45, 7) is 0. The average molecular weight is 730 g/mol. The van der Waals surface area contributed by atoms with Gasteiger partial charge >= 0.3 is 0 Å². The first-order valence-corrected chi connectivity index (χ1v) is 19.3. The molecule has 9 aromatic carbocycles. The molecule has 4 nitrogen and oxygen atoms in total. The van der Waals surface area contributed by atoms with Gasteiger partial charge in [-0.15, -0.1) is 0 Å². The molecule has 0 saturated carbocycles. The van der Waals surface area contributed by atoms with Crippen LogP contribution in [0.4, 0.5) is 0 Å². The second-order valence-corrected chi connectivity index (χ2v) is 14.6. The Labute approximate surface area is 330 Å². The number of nitrogens with zero attached hydrogens (tertiary/aromatic N) is 2. The van der Waals surface area contributed by atoms with Crippen LogP contribution in [0.1, 0.15) is 22.9 Å². The van der Waals surface area contributed by atoms with Crippen LogP contribution in [-0.4, -0.2) is 11.7 Å². The molecule has 0 saturated heterocycles. The third-order valence-corrected chi connectivity index (χ3v) is 11.1. The van der Waals surface area contributed by atoms with Crippen LogP contribution in [0.25, 0.3) is 76.9 Å². The maximum absolute atomic E-state index is 6.66. The molecule has 2 heterocycles. The predicted octanol–water partition coefficient (Wildman–Crippen LogP) is 13.4. The molecule has 0 spiro atoms. The number of benzene rings is 9. The van der Waals surface area contributed by atoms with Gasteiger partial charge in [-0.25, -0.2) is 9.98 Å². The Morgan fingerprint density at radius 2 is 0.947 bits per heavy atom. The first-order chi connectivity index (χ1) is 28.2. The molecule has 1 aliphatic rings. The minimum absolute atomic E-state index is 0.499. The number of furan rings is 1. The number of rotatable bonds is 6. The van der Waals surface area contributed by atoms with E-state index >= 15 is 0 Å². The van der Waals surface area contributed by atoms with Gasteiger partial charge in [0.25, 0.3) is 0 Å². The van der Waals surface area contributed by atoms with Crippen LogP contribution in [0.15, 0.2) is 215 Å². The molecule has 0 radical (unpaired) electrons. The number of aliphatic imine (C=N–C) groups is 2. The van der Waals surface area contributed by atoms with Gasteiger partial charge in [-0.2, -0.15) is 0 Å². The van der Waals surface area contributed by atoms with Crippen LogP contribution in [0.2, 0.25) is 0 Å². The van der Waals surface area contributed by atoms with E-state index in [2.05, 4.69) is 175 Å². The van der Waals surface area contributed by atoms with E-state index in [1.54, 1.807) is 0 Å². The average Bonchev–Trinajstić information content (AvgIpc) is 3.67. The highest BCUT2D eigenvalue weighted by atomic mass is 16.3. The summed E-state index contributed by atoms with van der Waals surface area (Å²) in [5.41, 5.74) is 11.7. The second kappa shape index (κ2) is 13.6. The van der Waals surface area contributed by atoms with Gasteiger partial charge in [0.2, 0.25) is 0 Å². The summed E-state index contributed by atoms with van der Waals surface area (Å²) in [5, 5.41) is 10.4. The maximum atomic E-state index is 6.66. The second-order valence-electron chi connectivity index (χ2n) is 14.6. The van der Waals surface area contributed by atoms with Gasteiger partial charge in [-0.3, -0.25) is 0 Å². The van der Waals surface area contributed by atoms with Crippen LogP contribution < -0.4 is 5.32 Å². The Kier molecular flexibility index (Phi) is 7.85. The van der Waals surface area contributed by atoms with Crippen LogP contribution in [-0.2, 0) is 0 Å². The fourth-order valence-electron chi connectivity index (χ4n) is 8.34. The van der Waals surface area contributed by atoms with Crippen LogP contribution in [0, 0.1) is 0 Å². The summed E-state index contributed by atoms with van der Waals surface area (Å²) < 4.78 is 6.66. The van der Waals surface area contributed by atoms with Crippen LogP contribution in [0.3, 0.4) is 0 Å². The molecule has 0 aliphatic carbocycles. The zero-order chi connectivity index (χ0) is 37.7. The smallest absolute Gasteiger partial charge is 0.170 e. The van der Waals surface area contributed by atoms with Crippen molar-refractivity contribution in [2.45, 2.75) is 6.17 Å². The van der Waals surface area contributed by atoms with Gasteiger partial charge in [0, 0.05) is 27.5 Å². The summed E-state index contributed by atoms with van der Waals surface area (Å²) >= 11 is 0. The van der Waals surface area contributed by atoms with Gasteiger partial charge in [0.1, 0.15) is 22.8 Å². The molecule has 4 heteroatoms. The lowest BCUT2D eigenvalue weighted by Gasteiger charge is -2.23. The summed E-state index contributed by atoms with van der Waals surface area (Å²) in [6, 6.07) is 70.5.